The zero-order chi connectivity index (χ0) is 19.9. The number of anilines is 1. The summed E-state index contributed by atoms with van der Waals surface area (Å²) >= 11 is 1.67. The summed E-state index contributed by atoms with van der Waals surface area (Å²) in [5.41, 5.74) is 1.15. The standard InChI is InChI=1S/C20H26N4O3S/c1-23(2)17(18-7-4-12-28-18)14-21-20(26)22-16-6-3-5-15(13-16)19(25)24-8-10-27-11-9-24/h3-7,12-13,17H,8-11,14H2,1-2H3,(H2,21,22,26)/t17-/m1/s1. The third kappa shape index (κ3) is 5.31. The lowest BCUT2D eigenvalue weighted by molar-refractivity contribution is 0.0303. The molecule has 0 saturated carbocycles. The van der Waals surface area contributed by atoms with Crippen LogP contribution in [0, 0.1) is 0 Å². The van der Waals surface area contributed by atoms with Crippen LogP contribution < -0.4 is 10.6 Å². The van der Waals surface area contributed by atoms with E-state index >= 15 is 0 Å². The lowest BCUT2D eigenvalue weighted by Gasteiger charge is -2.27. The van der Waals surface area contributed by atoms with Crippen LogP contribution >= 0.6 is 11.3 Å². The monoisotopic (exact) mass is 402 g/mol. The van der Waals surface area contributed by atoms with E-state index < -0.39 is 0 Å². The van der Waals surface area contributed by atoms with Gasteiger partial charge in [-0.15, -0.1) is 11.3 Å². The van der Waals surface area contributed by atoms with Crippen LogP contribution in [0.5, 0.6) is 0 Å². The molecule has 3 amide bonds. The van der Waals surface area contributed by atoms with E-state index in [4.69, 9.17) is 4.74 Å². The number of rotatable bonds is 6. The summed E-state index contributed by atoms with van der Waals surface area (Å²) in [5, 5.41) is 7.77. The molecule has 0 unspecified atom stereocenters. The molecule has 0 aliphatic carbocycles. The van der Waals surface area contributed by atoms with Gasteiger partial charge in [-0.2, -0.15) is 0 Å². The van der Waals surface area contributed by atoms with E-state index in [2.05, 4.69) is 21.6 Å². The van der Waals surface area contributed by atoms with Crippen molar-refractivity contribution in [2.75, 3.05) is 52.3 Å². The highest BCUT2D eigenvalue weighted by molar-refractivity contribution is 7.10. The quantitative estimate of drug-likeness (QED) is 0.779. The average molecular weight is 403 g/mol. The maximum absolute atomic E-state index is 12.6. The van der Waals surface area contributed by atoms with E-state index in [1.54, 1.807) is 40.5 Å². The number of amides is 3. The molecule has 1 aromatic heterocycles. The Morgan fingerprint density at radius 3 is 2.68 bits per heavy atom. The first-order valence-corrected chi connectivity index (χ1v) is 10.1. The molecule has 1 saturated heterocycles. The molecule has 3 rings (SSSR count). The number of carbonyl (C=O) groups is 2. The second-order valence-corrected chi connectivity index (χ2v) is 7.79. The number of nitrogens with zero attached hydrogens (tertiary/aromatic N) is 2. The summed E-state index contributed by atoms with van der Waals surface area (Å²) in [4.78, 5) is 30.0. The summed E-state index contributed by atoms with van der Waals surface area (Å²) in [6, 6.07) is 10.9. The Labute approximate surface area is 169 Å². The minimum Gasteiger partial charge on any atom is -0.378 e. The van der Waals surface area contributed by atoms with Gasteiger partial charge < -0.3 is 25.2 Å². The van der Waals surface area contributed by atoms with Crippen molar-refractivity contribution in [3.63, 3.8) is 0 Å². The third-order valence-corrected chi connectivity index (χ3v) is 5.59. The molecule has 0 bridgehead atoms. The lowest BCUT2D eigenvalue weighted by Crippen LogP contribution is -2.40. The fraction of sp³-hybridized carbons (Fsp3) is 0.400. The maximum Gasteiger partial charge on any atom is 0.319 e. The predicted octanol–water partition coefficient (Wildman–Crippen LogP) is 2.64. The number of benzene rings is 1. The van der Waals surface area contributed by atoms with Crippen LogP contribution in [-0.2, 0) is 4.74 Å². The van der Waals surface area contributed by atoms with Gasteiger partial charge in [-0.05, 0) is 43.7 Å². The Kier molecular flexibility index (Phi) is 7.02. The molecule has 0 radical (unpaired) electrons. The Bertz CT molecular complexity index is 789. The number of hydrogen-bond acceptors (Lipinski definition) is 5. The van der Waals surface area contributed by atoms with Crippen LogP contribution in [0.3, 0.4) is 0 Å². The summed E-state index contributed by atoms with van der Waals surface area (Å²) in [6.07, 6.45) is 0. The number of urea groups is 1. The fourth-order valence-corrected chi connectivity index (χ4v) is 3.98. The Morgan fingerprint density at radius 1 is 1.21 bits per heavy atom. The van der Waals surface area contributed by atoms with Crippen molar-refractivity contribution in [2.45, 2.75) is 6.04 Å². The van der Waals surface area contributed by atoms with E-state index in [0.717, 1.165) is 0 Å². The molecule has 150 valence electrons. The first kappa shape index (κ1) is 20.3. The summed E-state index contributed by atoms with van der Waals surface area (Å²) in [5.74, 6) is -0.0438. The summed E-state index contributed by atoms with van der Waals surface area (Å²) in [6.45, 7) is 2.79. The van der Waals surface area contributed by atoms with Gasteiger partial charge in [0.25, 0.3) is 5.91 Å². The van der Waals surface area contributed by atoms with Crippen molar-refractivity contribution in [1.29, 1.82) is 0 Å². The van der Waals surface area contributed by atoms with E-state index in [1.165, 1.54) is 4.88 Å². The van der Waals surface area contributed by atoms with Crippen molar-refractivity contribution in [2.24, 2.45) is 0 Å². The lowest BCUT2D eigenvalue weighted by atomic mass is 10.1. The van der Waals surface area contributed by atoms with Gasteiger partial charge in [0.05, 0.1) is 19.3 Å². The molecule has 2 aromatic rings. The van der Waals surface area contributed by atoms with Gasteiger partial charge in [0, 0.05) is 35.8 Å². The minimum atomic E-state index is -0.292. The van der Waals surface area contributed by atoms with Gasteiger partial charge in [-0.25, -0.2) is 4.79 Å². The second-order valence-electron chi connectivity index (χ2n) is 6.82. The first-order chi connectivity index (χ1) is 13.5. The van der Waals surface area contributed by atoms with Crippen LogP contribution in [-0.4, -0.2) is 68.7 Å². The largest absolute Gasteiger partial charge is 0.378 e. The average Bonchev–Trinajstić information content (AvgIpc) is 3.22. The van der Waals surface area contributed by atoms with Crippen LogP contribution in [0.2, 0.25) is 0 Å². The van der Waals surface area contributed by atoms with E-state index in [-0.39, 0.29) is 18.0 Å². The smallest absolute Gasteiger partial charge is 0.319 e. The Morgan fingerprint density at radius 2 is 2.00 bits per heavy atom. The highest BCUT2D eigenvalue weighted by atomic mass is 32.1. The molecule has 1 fully saturated rings. The number of carbonyl (C=O) groups excluding carboxylic acids is 2. The van der Waals surface area contributed by atoms with Gasteiger partial charge in [0.1, 0.15) is 0 Å². The second kappa shape index (κ2) is 9.68. The van der Waals surface area contributed by atoms with Gasteiger partial charge >= 0.3 is 6.03 Å². The minimum absolute atomic E-state index is 0.0438. The van der Waals surface area contributed by atoms with E-state index in [0.29, 0.717) is 44.1 Å². The highest BCUT2D eigenvalue weighted by Crippen LogP contribution is 2.22. The van der Waals surface area contributed by atoms with Crippen LogP contribution in [0.25, 0.3) is 0 Å². The zero-order valence-electron chi connectivity index (χ0n) is 16.2. The number of thiophene rings is 1. The van der Waals surface area contributed by atoms with Crippen molar-refractivity contribution < 1.29 is 14.3 Å². The third-order valence-electron chi connectivity index (χ3n) is 4.62. The molecule has 8 heteroatoms. The van der Waals surface area contributed by atoms with Gasteiger partial charge in [-0.3, -0.25) is 4.79 Å². The van der Waals surface area contributed by atoms with Gasteiger partial charge in [0.15, 0.2) is 0 Å². The molecular weight excluding hydrogens is 376 g/mol. The Balaban J connectivity index is 1.57. The number of ether oxygens (including phenoxy) is 1. The molecule has 1 aliphatic rings. The van der Waals surface area contributed by atoms with E-state index in [1.807, 2.05) is 25.5 Å². The summed E-state index contributed by atoms with van der Waals surface area (Å²) in [7, 11) is 3.98. The molecule has 0 spiro atoms. The highest BCUT2D eigenvalue weighted by Gasteiger charge is 2.19. The van der Waals surface area contributed by atoms with Crippen molar-refractivity contribution in [1.82, 2.24) is 15.1 Å². The molecule has 7 nitrogen and oxygen atoms in total. The van der Waals surface area contributed by atoms with Crippen LogP contribution in [0.15, 0.2) is 41.8 Å². The van der Waals surface area contributed by atoms with Crippen molar-refractivity contribution >= 4 is 29.0 Å². The molecule has 1 atom stereocenters. The van der Waals surface area contributed by atoms with Crippen LogP contribution in [0.4, 0.5) is 10.5 Å². The molecule has 1 aromatic carbocycles. The molecule has 1 aliphatic heterocycles. The normalized spacial score (nSPS) is 15.3. The number of morpholine rings is 1. The van der Waals surface area contributed by atoms with Gasteiger partial charge in [0.2, 0.25) is 0 Å². The SMILES string of the molecule is CN(C)[C@H](CNC(=O)Nc1cccc(C(=O)N2CCOCC2)c1)c1cccs1. The number of likely N-dealkylation sites (N-methyl/N-ethyl adjacent to an activating group) is 1. The Hall–Kier alpha value is -2.42. The van der Waals surface area contributed by atoms with E-state index in [9.17, 15) is 9.59 Å². The predicted molar refractivity (Wildman–Crippen MR) is 111 cm³/mol. The van der Waals surface area contributed by atoms with Gasteiger partial charge in [-0.1, -0.05) is 12.1 Å². The van der Waals surface area contributed by atoms with Crippen LogP contribution in [0.1, 0.15) is 21.3 Å². The first-order valence-electron chi connectivity index (χ1n) is 9.26. The number of nitrogens with one attached hydrogen (secondary N) is 2. The topological polar surface area (TPSA) is 73.9 Å². The summed E-state index contributed by atoms with van der Waals surface area (Å²) < 4.78 is 5.29. The number of hydrogen-bond donors (Lipinski definition) is 2. The molecule has 28 heavy (non-hydrogen) atoms. The fourth-order valence-electron chi connectivity index (χ4n) is 3.06. The zero-order valence-corrected chi connectivity index (χ0v) is 17.0. The molecule has 2 N–H and O–H groups in total. The maximum atomic E-state index is 12.6. The molecule has 2 heterocycles. The van der Waals surface area contributed by atoms with Crippen molar-refractivity contribution in [3.05, 3.63) is 52.2 Å². The van der Waals surface area contributed by atoms with Crippen molar-refractivity contribution in [3.8, 4) is 0 Å². The molecular formula is C20H26N4O3S.